The third-order valence-electron chi connectivity index (χ3n) is 4.70. The van der Waals surface area contributed by atoms with E-state index in [2.05, 4.69) is 5.09 Å². The van der Waals surface area contributed by atoms with Crippen LogP contribution in [-0.2, 0) is 23.3 Å². The molecule has 3 atom stereocenters. The maximum absolute atomic E-state index is 13.6. The van der Waals surface area contributed by atoms with E-state index in [-0.39, 0.29) is 13.2 Å². The molecule has 2 N–H and O–H groups in total. The number of aromatic amines is 1. The lowest BCUT2D eigenvalue weighted by molar-refractivity contribution is -0.0969. The zero-order chi connectivity index (χ0) is 23.1. The lowest BCUT2D eigenvalue weighted by Gasteiger charge is -2.23. The Morgan fingerprint density at radius 2 is 1.97 bits per heavy atom. The van der Waals surface area contributed by atoms with E-state index < -0.39 is 43.4 Å². The van der Waals surface area contributed by atoms with Crippen LogP contribution in [0.1, 0.15) is 19.1 Å². The van der Waals surface area contributed by atoms with Crippen molar-refractivity contribution in [3.05, 3.63) is 63.2 Å². The van der Waals surface area contributed by atoms with Crippen molar-refractivity contribution in [2.75, 3.05) is 27.4 Å². The number of aromatic nitrogens is 2. The van der Waals surface area contributed by atoms with Gasteiger partial charge in [0, 0.05) is 14.2 Å². The number of rotatable bonds is 11. The van der Waals surface area contributed by atoms with E-state index in [9.17, 15) is 18.5 Å². The zero-order valence-corrected chi connectivity index (χ0v) is 18.5. The summed E-state index contributed by atoms with van der Waals surface area (Å²) in [7, 11) is -0.979. The molecule has 0 aliphatic carbocycles. The lowest BCUT2D eigenvalue weighted by Crippen LogP contribution is -2.34. The Morgan fingerprint density at radius 3 is 2.66 bits per heavy atom. The van der Waals surface area contributed by atoms with Gasteiger partial charge in [-0.2, -0.15) is 4.39 Å². The lowest BCUT2D eigenvalue weighted by atomic mass is 10.2. The predicted octanol–water partition coefficient (Wildman–Crippen LogP) is 1.77. The number of benzene rings is 1. The number of nitrogens with one attached hydrogen (secondary N) is 2. The highest BCUT2D eigenvalue weighted by molar-refractivity contribution is 7.52. The molecule has 176 valence electrons. The van der Waals surface area contributed by atoms with Crippen molar-refractivity contribution in [1.29, 1.82) is 0 Å². The molecule has 0 radical (unpaired) electrons. The maximum atomic E-state index is 13.6. The third kappa shape index (κ3) is 6.35. The summed E-state index contributed by atoms with van der Waals surface area (Å²) >= 11 is 0. The van der Waals surface area contributed by atoms with Crippen LogP contribution in [-0.4, -0.2) is 49.3 Å². The number of methoxy groups -OCH3 is 2. The van der Waals surface area contributed by atoms with Gasteiger partial charge in [-0.25, -0.2) is 14.4 Å². The summed E-state index contributed by atoms with van der Waals surface area (Å²) in [5.74, 6) is -0.765. The maximum Gasteiger partial charge on any atom is 0.458 e. The molecule has 2 heterocycles. The molecular weight excluding hydrogens is 448 g/mol. The largest absolute Gasteiger partial charge is 0.458 e. The Balaban J connectivity index is 1.65. The molecule has 32 heavy (non-hydrogen) atoms. The molecule has 0 bridgehead atoms. The number of nitrogens with zero attached hydrogens (tertiary/aromatic N) is 1. The Bertz CT molecular complexity index is 1040. The molecular formula is C19H25FN3O8P. The van der Waals surface area contributed by atoms with Crippen LogP contribution in [0.2, 0.25) is 0 Å². The van der Waals surface area contributed by atoms with Gasteiger partial charge in [0.2, 0.25) is 5.82 Å². The van der Waals surface area contributed by atoms with E-state index in [1.54, 1.807) is 30.3 Å². The Hall–Kier alpha value is -2.34. The molecule has 1 aromatic heterocycles. The van der Waals surface area contributed by atoms with Gasteiger partial charge in [0.05, 0.1) is 25.5 Å². The van der Waals surface area contributed by atoms with Gasteiger partial charge in [-0.3, -0.25) is 18.9 Å². The van der Waals surface area contributed by atoms with Crippen LogP contribution in [0.25, 0.3) is 0 Å². The van der Waals surface area contributed by atoms with Crippen LogP contribution in [0.4, 0.5) is 4.39 Å². The summed E-state index contributed by atoms with van der Waals surface area (Å²) in [6.07, 6.45) is -0.405. The van der Waals surface area contributed by atoms with Crippen LogP contribution in [0.5, 0.6) is 5.75 Å². The number of halogens is 1. The molecule has 1 aromatic carbocycles. The number of hydrogen-bond acceptors (Lipinski definition) is 8. The van der Waals surface area contributed by atoms with Gasteiger partial charge in [-0.1, -0.05) is 18.2 Å². The quantitative estimate of drug-likeness (QED) is 0.370. The number of H-pyrrole nitrogens is 1. The smallest absolute Gasteiger partial charge is 0.413 e. The third-order valence-corrected chi connectivity index (χ3v) is 6.21. The molecule has 2 aromatic rings. The molecule has 1 aliphatic heterocycles. The van der Waals surface area contributed by atoms with E-state index in [0.717, 1.165) is 10.8 Å². The van der Waals surface area contributed by atoms with Crippen molar-refractivity contribution in [3.8, 4) is 5.75 Å². The van der Waals surface area contributed by atoms with Crippen molar-refractivity contribution in [2.45, 2.75) is 31.5 Å². The summed E-state index contributed by atoms with van der Waals surface area (Å²) < 4.78 is 54.9. The Labute approximate surface area is 183 Å². The van der Waals surface area contributed by atoms with Crippen LogP contribution < -0.4 is 20.9 Å². The van der Waals surface area contributed by atoms with Crippen LogP contribution in [0.3, 0.4) is 0 Å². The second-order valence-corrected chi connectivity index (χ2v) is 8.65. The molecule has 1 unspecified atom stereocenters. The first-order valence-electron chi connectivity index (χ1n) is 9.80. The summed E-state index contributed by atoms with van der Waals surface area (Å²) in [5, 5.41) is 2.70. The first-order chi connectivity index (χ1) is 15.3. The summed E-state index contributed by atoms with van der Waals surface area (Å²) in [6, 6.07) is 8.48. The van der Waals surface area contributed by atoms with Crippen molar-refractivity contribution in [2.24, 2.45) is 0 Å². The SMILES string of the molecule is COC(CNP(=O)(OC[C@H]1CC[C@H](n2cc(F)c(=O)[nH]c2=O)O1)Oc1ccccc1)OC. The fraction of sp³-hybridized carbons (Fsp3) is 0.474. The average molecular weight is 473 g/mol. The van der Waals surface area contributed by atoms with E-state index in [4.69, 9.17) is 23.3 Å². The van der Waals surface area contributed by atoms with Crippen molar-refractivity contribution in [3.63, 3.8) is 0 Å². The van der Waals surface area contributed by atoms with Crippen molar-refractivity contribution < 1.29 is 32.2 Å². The molecule has 1 aliphatic rings. The second kappa shape index (κ2) is 11.0. The number of ether oxygens (including phenoxy) is 3. The first kappa shape index (κ1) is 24.3. The van der Waals surface area contributed by atoms with Gasteiger partial charge in [-0.05, 0) is 25.0 Å². The monoisotopic (exact) mass is 473 g/mol. The van der Waals surface area contributed by atoms with E-state index >= 15 is 0 Å². The molecule has 11 nitrogen and oxygen atoms in total. The fourth-order valence-electron chi connectivity index (χ4n) is 3.04. The fourth-order valence-corrected chi connectivity index (χ4v) is 4.39. The molecule has 3 rings (SSSR count). The number of para-hydroxylation sites is 1. The molecule has 1 fully saturated rings. The molecule has 0 saturated carbocycles. The van der Waals surface area contributed by atoms with Gasteiger partial charge in [0.1, 0.15) is 12.0 Å². The topological polar surface area (TPSA) is 130 Å². The molecule has 0 spiro atoms. The Morgan fingerprint density at radius 1 is 1.25 bits per heavy atom. The van der Waals surface area contributed by atoms with Gasteiger partial charge in [0.25, 0.3) is 5.56 Å². The van der Waals surface area contributed by atoms with Crippen LogP contribution >= 0.6 is 7.75 Å². The molecule has 13 heteroatoms. The Kier molecular flexibility index (Phi) is 8.35. The summed E-state index contributed by atoms with van der Waals surface area (Å²) in [5.41, 5.74) is -1.88. The van der Waals surface area contributed by atoms with Crippen molar-refractivity contribution in [1.82, 2.24) is 14.6 Å². The second-order valence-electron chi connectivity index (χ2n) is 6.89. The first-order valence-corrected chi connectivity index (χ1v) is 11.3. The molecule has 1 saturated heterocycles. The highest BCUT2D eigenvalue weighted by Gasteiger charge is 2.33. The number of hydrogen-bond donors (Lipinski definition) is 2. The minimum atomic E-state index is -3.86. The summed E-state index contributed by atoms with van der Waals surface area (Å²) in [6.45, 7) is -0.101. The minimum absolute atomic E-state index is 0.0251. The zero-order valence-electron chi connectivity index (χ0n) is 17.6. The van der Waals surface area contributed by atoms with E-state index in [0.29, 0.717) is 18.6 Å². The van der Waals surface area contributed by atoms with Gasteiger partial charge >= 0.3 is 13.4 Å². The van der Waals surface area contributed by atoms with Crippen LogP contribution in [0, 0.1) is 5.82 Å². The van der Waals surface area contributed by atoms with Gasteiger partial charge in [-0.15, -0.1) is 0 Å². The van der Waals surface area contributed by atoms with Crippen molar-refractivity contribution >= 4 is 7.75 Å². The highest BCUT2D eigenvalue weighted by atomic mass is 31.2. The van der Waals surface area contributed by atoms with Gasteiger partial charge in [0.15, 0.2) is 6.29 Å². The molecule has 0 amide bonds. The summed E-state index contributed by atoms with van der Waals surface area (Å²) in [4.78, 5) is 25.0. The average Bonchev–Trinajstić information content (AvgIpc) is 3.25. The normalized spacial score (nSPS) is 20.4. The minimum Gasteiger partial charge on any atom is -0.413 e. The van der Waals surface area contributed by atoms with E-state index in [1.807, 2.05) is 4.98 Å². The van der Waals surface area contributed by atoms with Crippen LogP contribution in [0.15, 0.2) is 46.1 Å². The predicted molar refractivity (Wildman–Crippen MR) is 111 cm³/mol. The van der Waals surface area contributed by atoms with E-state index in [1.165, 1.54) is 14.2 Å². The highest BCUT2D eigenvalue weighted by Crippen LogP contribution is 2.45. The van der Waals surface area contributed by atoms with Gasteiger partial charge < -0.3 is 18.7 Å². The standard InChI is InChI=1S/C19H25FN3O8P/c1-27-17(28-2)10-21-32(26,31-13-6-4-3-5-7-13)29-12-14-8-9-16(30-14)23-11-15(20)18(24)22-19(23)25/h3-7,11,14,16-17H,8-10,12H2,1-2H3,(H,21,26)(H,22,24,25)/t14-,16-,32?/m1/s1.